The summed E-state index contributed by atoms with van der Waals surface area (Å²) in [5, 5.41) is 11.2. The molecule has 130 valence electrons. The minimum Gasteiger partial charge on any atom is -0.481 e. The molecule has 24 heavy (non-hydrogen) atoms. The molecular weight excluding hydrogens is 326 g/mol. The van der Waals surface area contributed by atoms with Crippen LogP contribution in [0.5, 0.6) is 5.75 Å². The number of hydrogen-bond donors (Lipinski definition) is 2. The highest BCUT2D eigenvalue weighted by molar-refractivity contribution is 5.98. The van der Waals surface area contributed by atoms with Gasteiger partial charge in [0, 0.05) is 13.1 Å². The Kier molecular flexibility index (Phi) is 5.67. The second-order valence-electron chi connectivity index (χ2n) is 5.22. The Morgan fingerprint density at radius 1 is 1.33 bits per heavy atom. The van der Waals surface area contributed by atoms with E-state index in [2.05, 4.69) is 10.1 Å². The molecule has 1 fully saturated rings. The van der Waals surface area contributed by atoms with Crippen LogP contribution in [0, 0.1) is 5.92 Å². The Labute approximate surface area is 136 Å². The molecule has 1 unspecified atom stereocenters. The summed E-state index contributed by atoms with van der Waals surface area (Å²) in [5.74, 6) is -3.02. The first-order valence-corrected chi connectivity index (χ1v) is 7.21. The first-order chi connectivity index (χ1) is 11.4. The monoisotopic (exact) mass is 342 g/mol. The van der Waals surface area contributed by atoms with Gasteiger partial charge in [0.05, 0.1) is 18.0 Å². The Morgan fingerprint density at radius 3 is 2.67 bits per heavy atom. The number of likely N-dealkylation sites (tertiary alicyclic amines) is 1. The molecular formula is C15H16F2N2O5. The van der Waals surface area contributed by atoms with Crippen molar-refractivity contribution in [2.24, 2.45) is 5.92 Å². The van der Waals surface area contributed by atoms with Crippen molar-refractivity contribution in [3.05, 3.63) is 29.8 Å². The number of benzene rings is 1. The summed E-state index contributed by atoms with van der Waals surface area (Å²) in [6.45, 7) is -3.03. The number of ether oxygens (including phenoxy) is 1. The zero-order valence-electron chi connectivity index (χ0n) is 12.6. The average molecular weight is 342 g/mol. The second-order valence-corrected chi connectivity index (χ2v) is 5.22. The van der Waals surface area contributed by atoms with Crippen molar-refractivity contribution in [1.29, 1.82) is 0 Å². The Morgan fingerprint density at radius 2 is 2.04 bits per heavy atom. The van der Waals surface area contributed by atoms with E-state index in [4.69, 9.17) is 5.11 Å². The van der Waals surface area contributed by atoms with Crippen LogP contribution < -0.4 is 10.1 Å². The fourth-order valence-corrected chi connectivity index (χ4v) is 2.40. The standard InChI is InChI=1S/C15H16F2N2O5/c16-15(17)24-11-4-2-1-3-10(11)13(21)18-7-12(20)19-6-5-9(8-19)14(22)23/h1-4,9,15H,5-8H2,(H,18,21)(H,22,23). The largest absolute Gasteiger partial charge is 0.481 e. The maximum Gasteiger partial charge on any atom is 0.387 e. The van der Waals surface area contributed by atoms with E-state index in [9.17, 15) is 23.2 Å². The van der Waals surface area contributed by atoms with Gasteiger partial charge in [-0.15, -0.1) is 0 Å². The Hall–Kier alpha value is -2.71. The van der Waals surface area contributed by atoms with Crippen molar-refractivity contribution in [2.45, 2.75) is 13.0 Å². The molecule has 2 amide bonds. The smallest absolute Gasteiger partial charge is 0.387 e. The van der Waals surface area contributed by atoms with E-state index in [-0.39, 0.29) is 24.4 Å². The van der Waals surface area contributed by atoms with E-state index < -0.39 is 30.3 Å². The predicted molar refractivity (Wildman–Crippen MR) is 77.7 cm³/mol. The molecule has 2 N–H and O–H groups in total. The molecule has 0 radical (unpaired) electrons. The molecule has 1 atom stereocenters. The van der Waals surface area contributed by atoms with Crippen LogP contribution in [0.1, 0.15) is 16.8 Å². The molecule has 1 saturated heterocycles. The van der Waals surface area contributed by atoms with Crippen LogP contribution in [0.2, 0.25) is 0 Å². The number of rotatable bonds is 6. The van der Waals surface area contributed by atoms with Gasteiger partial charge in [0.25, 0.3) is 5.91 Å². The summed E-state index contributed by atoms with van der Waals surface area (Å²) in [5.41, 5.74) is -0.115. The number of halogens is 2. The number of carboxylic acid groups (broad SMARTS) is 1. The highest BCUT2D eigenvalue weighted by Crippen LogP contribution is 2.20. The van der Waals surface area contributed by atoms with Crippen LogP contribution in [-0.2, 0) is 9.59 Å². The van der Waals surface area contributed by atoms with E-state index >= 15 is 0 Å². The van der Waals surface area contributed by atoms with Gasteiger partial charge < -0.3 is 20.1 Å². The lowest BCUT2D eigenvalue weighted by atomic mass is 10.1. The molecule has 1 heterocycles. The molecule has 0 aromatic heterocycles. The van der Waals surface area contributed by atoms with Crippen LogP contribution in [0.15, 0.2) is 24.3 Å². The van der Waals surface area contributed by atoms with Crippen LogP contribution in [0.25, 0.3) is 0 Å². The fraction of sp³-hybridized carbons (Fsp3) is 0.400. The lowest BCUT2D eigenvalue weighted by Gasteiger charge is -2.16. The summed E-state index contributed by atoms with van der Waals surface area (Å²) in [4.78, 5) is 36.2. The van der Waals surface area contributed by atoms with Crippen LogP contribution >= 0.6 is 0 Å². The molecule has 1 aliphatic rings. The molecule has 7 nitrogen and oxygen atoms in total. The third kappa shape index (κ3) is 4.40. The van der Waals surface area contributed by atoms with Gasteiger partial charge in [-0.1, -0.05) is 12.1 Å². The van der Waals surface area contributed by atoms with Crippen molar-refractivity contribution >= 4 is 17.8 Å². The lowest BCUT2D eigenvalue weighted by Crippen LogP contribution is -2.39. The van der Waals surface area contributed by atoms with E-state index in [0.29, 0.717) is 13.0 Å². The summed E-state index contributed by atoms with van der Waals surface area (Å²) in [7, 11) is 0. The Balaban J connectivity index is 1.92. The molecule has 2 rings (SSSR count). The predicted octanol–water partition coefficient (Wildman–Crippen LogP) is 0.951. The number of nitrogens with one attached hydrogen (secondary N) is 1. The van der Waals surface area contributed by atoms with Crippen molar-refractivity contribution in [1.82, 2.24) is 10.2 Å². The van der Waals surface area contributed by atoms with Gasteiger partial charge in [0.2, 0.25) is 5.91 Å². The number of hydrogen-bond acceptors (Lipinski definition) is 4. The van der Waals surface area contributed by atoms with Crippen LogP contribution in [0.3, 0.4) is 0 Å². The maximum atomic E-state index is 12.3. The SMILES string of the molecule is O=C(NCC(=O)N1CCC(C(=O)O)C1)c1ccccc1OC(F)F. The minimum absolute atomic E-state index is 0.0924. The number of carboxylic acids is 1. The van der Waals surface area contributed by atoms with Gasteiger partial charge in [0.15, 0.2) is 0 Å². The number of amides is 2. The minimum atomic E-state index is -3.07. The summed E-state index contributed by atoms with van der Waals surface area (Å²) in [6.07, 6.45) is 0.361. The third-order valence-electron chi connectivity index (χ3n) is 3.64. The third-order valence-corrected chi connectivity index (χ3v) is 3.64. The molecule has 0 saturated carbocycles. The number of carbonyl (C=O) groups is 3. The van der Waals surface area contributed by atoms with Gasteiger partial charge in [-0.2, -0.15) is 8.78 Å². The maximum absolute atomic E-state index is 12.3. The second kappa shape index (κ2) is 7.71. The average Bonchev–Trinajstić information content (AvgIpc) is 3.02. The normalized spacial score (nSPS) is 17.0. The van der Waals surface area contributed by atoms with Crippen molar-refractivity contribution in [3.8, 4) is 5.75 Å². The van der Waals surface area contributed by atoms with Crippen molar-refractivity contribution in [3.63, 3.8) is 0 Å². The van der Waals surface area contributed by atoms with Gasteiger partial charge in [-0.25, -0.2) is 0 Å². The summed E-state index contributed by atoms with van der Waals surface area (Å²) < 4.78 is 28.9. The number of carbonyl (C=O) groups excluding carboxylic acids is 2. The highest BCUT2D eigenvalue weighted by atomic mass is 19.3. The molecule has 1 aliphatic heterocycles. The first-order valence-electron chi connectivity index (χ1n) is 7.21. The molecule has 9 heteroatoms. The lowest BCUT2D eigenvalue weighted by molar-refractivity contribution is -0.141. The van der Waals surface area contributed by atoms with E-state index in [1.54, 1.807) is 0 Å². The quantitative estimate of drug-likeness (QED) is 0.802. The van der Waals surface area contributed by atoms with Gasteiger partial charge in [0.1, 0.15) is 5.75 Å². The zero-order valence-corrected chi connectivity index (χ0v) is 12.6. The first kappa shape index (κ1) is 17.6. The molecule has 1 aromatic carbocycles. The molecule has 1 aromatic rings. The summed E-state index contributed by atoms with van der Waals surface area (Å²) in [6, 6.07) is 5.44. The number of aliphatic carboxylic acids is 1. The van der Waals surface area contributed by atoms with Gasteiger partial charge in [-0.3, -0.25) is 14.4 Å². The van der Waals surface area contributed by atoms with Crippen molar-refractivity contribution in [2.75, 3.05) is 19.6 Å². The van der Waals surface area contributed by atoms with E-state index in [1.807, 2.05) is 0 Å². The number of para-hydroxylation sites is 1. The van der Waals surface area contributed by atoms with Crippen LogP contribution in [-0.4, -0.2) is 54.0 Å². The zero-order chi connectivity index (χ0) is 17.7. The van der Waals surface area contributed by atoms with E-state index in [0.717, 1.165) is 0 Å². The van der Waals surface area contributed by atoms with Gasteiger partial charge in [-0.05, 0) is 18.6 Å². The van der Waals surface area contributed by atoms with Crippen LogP contribution in [0.4, 0.5) is 8.78 Å². The Bertz CT molecular complexity index is 638. The fourth-order valence-electron chi connectivity index (χ4n) is 2.40. The topological polar surface area (TPSA) is 95.9 Å². The molecule has 0 bridgehead atoms. The molecule has 0 spiro atoms. The van der Waals surface area contributed by atoms with E-state index in [1.165, 1.54) is 29.2 Å². The highest BCUT2D eigenvalue weighted by Gasteiger charge is 2.30. The number of alkyl halides is 2. The molecule has 0 aliphatic carbocycles. The summed E-state index contributed by atoms with van der Waals surface area (Å²) >= 11 is 0. The van der Waals surface area contributed by atoms with Gasteiger partial charge >= 0.3 is 12.6 Å². The van der Waals surface area contributed by atoms with Crippen molar-refractivity contribution < 1.29 is 33.0 Å². The number of nitrogens with zero attached hydrogens (tertiary/aromatic N) is 1.